The fourth-order valence-electron chi connectivity index (χ4n) is 3.26. The van der Waals surface area contributed by atoms with E-state index < -0.39 is 48.2 Å². The number of aliphatic hydroxyl groups excluding tert-OH is 1. The summed E-state index contributed by atoms with van der Waals surface area (Å²) in [5.74, 6) is -1.59. The van der Waals surface area contributed by atoms with Crippen LogP contribution in [0.25, 0.3) is 0 Å². The molecule has 0 aliphatic heterocycles. The molecule has 0 aliphatic carbocycles. The molecule has 2 unspecified atom stereocenters. The molecule has 0 saturated heterocycles. The van der Waals surface area contributed by atoms with Gasteiger partial charge in [-0.25, -0.2) is 4.79 Å². The van der Waals surface area contributed by atoms with E-state index in [1.54, 1.807) is 46.8 Å². The molecule has 34 heavy (non-hydrogen) atoms. The van der Waals surface area contributed by atoms with E-state index in [1.165, 1.54) is 4.90 Å². The topological polar surface area (TPSA) is 134 Å². The summed E-state index contributed by atoms with van der Waals surface area (Å²) < 4.78 is 10.1. The molecule has 0 fully saturated rings. The normalized spacial score (nSPS) is 12.8. The Morgan fingerprint density at radius 1 is 1.12 bits per heavy atom. The summed E-state index contributed by atoms with van der Waals surface area (Å²) in [6, 6.07) is 4.75. The minimum Gasteiger partial charge on any atom is -0.466 e. The van der Waals surface area contributed by atoms with E-state index in [-0.39, 0.29) is 26.1 Å². The van der Waals surface area contributed by atoms with Gasteiger partial charge in [-0.3, -0.25) is 14.4 Å². The van der Waals surface area contributed by atoms with Crippen LogP contribution >= 0.6 is 0 Å². The van der Waals surface area contributed by atoms with E-state index in [0.717, 1.165) is 5.56 Å². The minimum absolute atomic E-state index is 0.0143. The number of hydrogen-bond donors (Lipinski definition) is 3. The number of ether oxygens (including phenoxy) is 2. The first-order valence-electron chi connectivity index (χ1n) is 11.3. The molecule has 0 bridgehead atoms. The lowest BCUT2D eigenvalue weighted by atomic mass is 9.98. The summed E-state index contributed by atoms with van der Waals surface area (Å²) >= 11 is 0. The van der Waals surface area contributed by atoms with Crippen molar-refractivity contribution in [3.8, 4) is 0 Å². The SMILES string of the molecule is CCOC(=O)CCNC(=O)C(c1ccccc1C)N(CC)C(=O)C(CO)NC(=O)OC(C)(C)C. The lowest BCUT2D eigenvalue weighted by molar-refractivity contribution is -0.144. The number of rotatable bonds is 11. The van der Waals surface area contributed by atoms with E-state index in [4.69, 9.17) is 9.47 Å². The van der Waals surface area contributed by atoms with E-state index >= 15 is 0 Å². The Hall–Kier alpha value is -3.14. The predicted octanol–water partition coefficient (Wildman–Crippen LogP) is 1.84. The van der Waals surface area contributed by atoms with Gasteiger partial charge in [-0.1, -0.05) is 24.3 Å². The third kappa shape index (κ3) is 9.01. The zero-order valence-corrected chi connectivity index (χ0v) is 20.8. The van der Waals surface area contributed by atoms with Crippen molar-refractivity contribution in [2.45, 2.75) is 65.6 Å². The highest BCUT2D eigenvalue weighted by Gasteiger charge is 2.35. The Kier molecular flexibility index (Phi) is 11.5. The number of carbonyl (C=O) groups excluding carboxylic acids is 4. The van der Waals surface area contributed by atoms with Crippen LogP contribution in [0.15, 0.2) is 24.3 Å². The van der Waals surface area contributed by atoms with Crippen LogP contribution in [0.3, 0.4) is 0 Å². The number of nitrogens with zero attached hydrogens (tertiary/aromatic N) is 1. The molecule has 3 N–H and O–H groups in total. The highest BCUT2D eigenvalue weighted by atomic mass is 16.6. The quantitative estimate of drug-likeness (QED) is 0.412. The molecular formula is C24H37N3O7. The van der Waals surface area contributed by atoms with Crippen LogP contribution in [0, 0.1) is 6.92 Å². The Labute approximate surface area is 201 Å². The second-order valence-electron chi connectivity index (χ2n) is 8.61. The molecule has 0 radical (unpaired) electrons. The van der Waals surface area contributed by atoms with Gasteiger partial charge in [-0.05, 0) is 52.7 Å². The van der Waals surface area contributed by atoms with Crippen molar-refractivity contribution >= 4 is 23.9 Å². The predicted molar refractivity (Wildman–Crippen MR) is 126 cm³/mol. The first-order valence-corrected chi connectivity index (χ1v) is 11.3. The van der Waals surface area contributed by atoms with Crippen molar-refractivity contribution in [1.82, 2.24) is 15.5 Å². The van der Waals surface area contributed by atoms with Gasteiger partial charge >= 0.3 is 12.1 Å². The molecule has 0 spiro atoms. The maximum atomic E-state index is 13.3. The third-order valence-electron chi connectivity index (χ3n) is 4.77. The molecule has 1 rings (SSSR count). The van der Waals surface area contributed by atoms with E-state index in [1.807, 2.05) is 19.1 Å². The number of benzene rings is 1. The van der Waals surface area contributed by atoms with Gasteiger partial charge in [-0.15, -0.1) is 0 Å². The van der Waals surface area contributed by atoms with E-state index in [0.29, 0.717) is 5.56 Å². The van der Waals surface area contributed by atoms with Crippen molar-refractivity contribution in [3.05, 3.63) is 35.4 Å². The lowest BCUT2D eigenvalue weighted by Crippen LogP contribution is -2.54. The molecule has 0 aliphatic rings. The maximum Gasteiger partial charge on any atom is 0.408 e. The van der Waals surface area contributed by atoms with E-state index in [2.05, 4.69) is 10.6 Å². The number of nitrogens with one attached hydrogen (secondary N) is 2. The zero-order valence-electron chi connectivity index (χ0n) is 20.8. The summed E-state index contributed by atoms with van der Waals surface area (Å²) in [5.41, 5.74) is 0.570. The molecule has 10 nitrogen and oxygen atoms in total. The Morgan fingerprint density at radius 3 is 2.29 bits per heavy atom. The van der Waals surface area contributed by atoms with Crippen LogP contribution in [0.4, 0.5) is 4.79 Å². The number of amides is 3. The van der Waals surface area contributed by atoms with Crippen molar-refractivity contribution < 1.29 is 33.8 Å². The highest BCUT2D eigenvalue weighted by molar-refractivity contribution is 5.92. The molecule has 190 valence electrons. The second-order valence-corrected chi connectivity index (χ2v) is 8.61. The molecular weight excluding hydrogens is 442 g/mol. The highest BCUT2D eigenvalue weighted by Crippen LogP contribution is 2.25. The maximum absolute atomic E-state index is 13.3. The number of hydrogen-bond acceptors (Lipinski definition) is 7. The fraction of sp³-hybridized carbons (Fsp3) is 0.583. The van der Waals surface area contributed by atoms with Gasteiger partial charge in [-0.2, -0.15) is 0 Å². The lowest BCUT2D eigenvalue weighted by Gasteiger charge is -2.33. The Bertz CT molecular complexity index is 851. The molecule has 1 aromatic carbocycles. The van der Waals surface area contributed by atoms with Gasteiger partial charge in [0, 0.05) is 13.1 Å². The van der Waals surface area contributed by atoms with Crippen molar-refractivity contribution in [2.24, 2.45) is 0 Å². The average molecular weight is 480 g/mol. The molecule has 2 atom stereocenters. The summed E-state index contributed by atoms with van der Waals surface area (Å²) in [7, 11) is 0. The standard InChI is InChI=1S/C24H37N3O7/c1-7-27(22(31)18(15-28)26-23(32)34-24(4,5)6)20(17-12-10-9-11-16(17)3)21(30)25-14-13-19(29)33-8-2/h9-12,18,20,28H,7-8,13-15H2,1-6H3,(H,25,30)(H,26,32). The fourth-order valence-corrected chi connectivity index (χ4v) is 3.26. The van der Waals surface area contributed by atoms with Crippen molar-refractivity contribution in [3.63, 3.8) is 0 Å². The van der Waals surface area contributed by atoms with Crippen molar-refractivity contribution in [1.29, 1.82) is 0 Å². The number of alkyl carbamates (subject to hydrolysis) is 1. The van der Waals surface area contributed by atoms with Gasteiger partial charge in [0.05, 0.1) is 19.6 Å². The number of aliphatic hydroxyl groups is 1. The smallest absolute Gasteiger partial charge is 0.408 e. The Balaban J connectivity index is 3.17. The monoisotopic (exact) mass is 479 g/mol. The first-order chi connectivity index (χ1) is 15.9. The Morgan fingerprint density at radius 2 is 1.76 bits per heavy atom. The van der Waals surface area contributed by atoms with E-state index in [9.17, 15) is 24.3 Å². The largest absolute Gasteiger partial charge is 0.466 e. The third-order valence-corrected chi connectivity index (χ3v) is 4.77. The molecule has 0 aromatic heterocycles. The van der Waals surface area contributed by atoms with Crippen LogP contribution in [-0.2, 0) is 23.9 Å². The average Bonchev–Trinajstić information content (AvgIpc) is 2.75. The number of likely N-dealkylation sites (N-methyl/N-ethyl adjacent to an activating group) is 1. The van der Waals surface area contributed by atoms with Crippen molar-refractivity contribution in [2.75, 3.05) is 26.3 Å². The summed E-state index contributed by atoms with van der Waals surface area (Å²) in [5, 5.41) is 14.9. The molecule has 0 heterocycles. The van der Waals surface area contributed by atoms with Gasteiger partial charge in [0.25, 0.3) is 0 Å². The first kappa shape index (κ1) is 28.9. The summed E-state index contributed by atoms with van der Waals surface area (Å²) in [6.07, 6.45) is -0.873. The summed E-state index contributed by atoms with van der Waals surface area (Å²) in [6.45, 7) is 9.94. The van der Waals surface area contributed by atoms with Gasteiger partial charge in [0.15, 0.2) is 0 Å². The van der Waals surface area contributed by atoms with Gasteiger partial charge in [0.1, 0.15) is 17.7 Å². The number of carbonyl (C=O) groups is 4. The molecule has 3 amide bonds. The van der Waals surface area contributed by atoms with Crippen LogP contribution in [0.2, 0.25) is 0 Å². The zero-order chi connectivity index (χ0) is 25.9. The summed E-state index contributed by atoms with van der Waals surface area (Å²) in [4.78, 5) is 51.7. The molecule has 1 aromatic rings. The second kappa shape index (κ2) is 13.5. The van der Waals surface area contributed by atoms with Crippen LogP contribution in [0.1, 0.15) is 58.2 Å². The molecule has 10 heteroatoms. The van der Waals surface area contributed by atoms with Crippen LogP contribution < -0.4 is 10.6 Å². The minimum atomic E-state index is -1.31. The molecule has 0 saturated carbocycles. The number of esters is 1. The van der Waals surface area contributed by atoms with Gasteiger partial charge in [0.2, 0.25) is 11.8 Å². The number of aryl methyl sites for hydroxylation is 1. The van der Waals surface area contributed by atoms with Crippen LogP contribution in [-0.4, -0.2) is 71.8 Å². The van der Waals surface area contributed by atoms with Gasteiger partial charge < -0.3 is 30.1 Å². The van der Waals surface area contributed by atoms with Crippen LogP contribution in [0.5, 0.6) is 0 Å².